The molecule has 1 amide bonds. The van der Waals surface area contributed by atoms with E-state index in [2.05, 4.69) is 33.3 Å². The summed E-state index contributed by atoms with van der Waals surface area (Å²) in [5.41, 5.74) is 5.82. The van der Waals surface area contributed by atoms with E-state index < -0.39 is 0 Å². The van der Waals surface area contributed by atoms with Crippen molar-refractivity contribution in [1.82, 2.24) is 19.9 Å². The van der Waals surface area contributed by atoms with Gasteiger partial charge in [-0.3, -0.25) is 4.79 Å². The van der Waals surface area contributed by atoms with Crippen LogP contribution in [0.5, 0.6) is 5.75 Å². The molecule has 2 aromatic heterocycles. The van der Waals surface area contributed by atoms with Crippen LogP contribution in [0.1, 0.15) is 50.0 Å². The number of aromatic nitrogens is 3. The zero-order chi connectivity index (χ0) is 24.9. The Morgan fingerprint density at radius 3 is 2.75 bits per heavy atom. The van der Waals surface area contributed by atoms with Crippen LogP contribution in [0, 0.1) is 6.92 Å². The van der Waals surface area contributed by atoms with Gasteiger partial charge in [0, 0.05) is 24.7 Å². The highest BCUT2D eigenvalue weighted by atomic mass is 32.1. The van der Waals surface area contributed by atoms with Crippen molar-refractivity contribution in [3.8, 4) is 17.0 Å². The van der Waals surface area contributed by atoms with Gasteiger partial charge in [0.2, 0.25) is 0 Å². The Morgan fingerprint density at radius 2 is 1.92 bits per heavy atom. The molecule has 1 fully saturated rings. The van der Waals surface area contributed by atoms with Crippen molar-refractivity contribution >= 4 is 33.3 Å². The van der Waals surface area contributed by atoms with Crippen molar-refractivity contribution in [1.29, 1.82) is 0 Å². The number of hydrogen-bond donors (Lipinski definition) is 1. The summed E-state index contributed by atoms with van der Waals surface area (Å²) in [6.45, 7) is 5.73. The molecule has 2 aromatic carbocycles. The molecule has 1 aliphatic rings. The number of hydrogen-bond acceptors (Lipinski definition) is 7. The molecular formula is C28H31N5O2S. The maximum atomic E-state index is 12.6. The first-order valence-corrected chi connectivity index (χ1v) is 13.4. The number of ether oxygens (including phenoxy) is 1. The van der Waals surface area contributed by atoms with Gasteiger partial charge in [0.1, 0.15) is 17.4 Å². The standard InChI is InChI=1S/C28H31N5O2S/c1-19(21-8-7-9-23(14-21)35-17-28(34)33-12-5-3-4-6-13-33)30-27-16-25(31-20(2)32-27)22-10-11-24-26(15-22)36-18-29-24/h7-11,14-16,18-19H,3-6,12-13,17H2,1-2H3,(H,30,31,32). The minimum Gasteiger partial charge on any atom is -0.484 e. The fourth-order valence-corrected chi connectivity index (χ4v) is 5.26. The van der Waals surface area contributed by atoms with Crippen LogP contribution in [0.2, 0.25) is 0 Å². The van der Waals surface area contributed by atoms with Gasteiger partial charge in [0.15, 0.2) is 6.61 Å². The maximum absolute atomic E-state index is 12.6. The van der Waals surface area contributed by atoms with Crippen molar-refractivity contribution in [3.05, 3.63) is 65.4 Å². The van der Waals surface area contributed by atoms with Crippen molar-refractivity contribution in [3.63, 3.8) is 0 Å². The zero-order valence-corrected chi connectivity index (χ0v) is 21.6. The highest BCUT2D eigenvalue weighted by molar-refractivity contribution is 7.16. The summed E-state index contributed by atoms with van der Waals surface area (Å²) in [6.07, 6.45) is 4.56. The van der Waals surface area contributed by atoms with E-state index in [1.807, 2.05) is 59.8 Å². The van der Waals surface area contributed by atoms with Gasteiger partial charge in [-0.1, -0.05) is 31.0 Å². The zero-order valence-electron chi connectivity index (χ0n) is 20.7. The van der Waals surface area contributed by atoms with Crippen molar-refractivity contribution in [2.75, 3.05) is 25.0 Å². The van der Waals surface area contributed by atoms with E-state index in [0.717, 1.165) is 58.8 Å². The normalized spacial score (nSPS) is 14.9. The summed E-state index contributed by atoms with van der Waals surface area (Å²) in [7, 11) is 0. The maximum Gasteiger partial charge on any atom is 0.260 e. The molecule has 5 rings (SSSR count). The van der Waals surface area contributed by atoms with Crippen molar-refractivity contribution in [2.45, 2.75) is 45.6 Å². The van der Waals surface area contributed by atoms with Crippen LogP contribution in [0.15, 0.2) is 54.0 Å². The summed E-state index contributed by atoms with van der Waals surface area (Å²) in [4.78, 5) is 28.1. The second-order valence-electron chi connectivity index (χ2n) is 9.24. The molecule has 1 aliphatic heterocycles. The number of benzene rings is 2. The Morgan fingerprint density at radius 1 is 1.08 bits per heavy atom. The van der Waals surface area contributed by atoms with Crippen LogP contribution >= 0.6 is 11.3 Å². The number of likely N-dealkylation sites (tertiary alicyclic amines) is 1. The smallest absolute Gasteiger partial charge is 0.260 e. The molecule has 3 heterocycles. The number of thiazole rings is 1. The first kappa shape index (κ1) is 24.2. The summed E-state index contributed by atoms with van der Waals surface area (Å²) < 4.78 is 7.02. The monoisotopic (exact) mass is 501 g/mol. The van der Waals surface area contributed by atoms with Gasteiger partial charge < -0.3 is 15.0 Å². The molecule has 4 aromatic rings. The molecule has 1 unspecified atom stereocenters. The molecule has 1 atom stereocenters. The van der Waals surface area contributed by atoms with Gasteiger partial charge in [-0.25, -0.2) is 15.0 Å². The fourth-order valence-electron chi connectivity index (χ4n) is 4.54. The Hall–Kier alpha value is -3.52. The topological polar surface area (TPSA) is 80.2 Å². The van der Waals surface area contributed by atoms with E-state index in [9.17, 15) is 4.79 Å². The molecule has 0 radical (unpaired) electrons. The molecule has 0 spiro atoms. The van der Waals surface area contributed by atoms with Crippen LogP contribution in [-0.4, -0.2) is 45.5 Å². The Bertz CT molecular complexity index is 1350. The summed E-state index contributed by atoms with van der Waals surface area (Å²) in [6, 6.07) is 16.0. The number of carbonyl (C=O) groups is 1. The molecule has 8 heteroatoms. The number of nitrogens with one attached hydrogen (secondary N) is 1. The average Bonchev–Trinajstić information content (AvgIpc) is 3.18. The van der Waals surface area contributed by atoms with Gasteiger partial charge in [-0.15, -0.1) is 11.3 Å². The number of carbonyl (C=O) groups excluding carboxylic acids is 1. The summed E-state index contributed by atoms with van der Waals surface area (Å²) >= 11 is 1.62. The van der Waals surface area contributed by atoms with Gasteiger partial charge in [-0.2, -0.15) is 0 Å². The van der Waals surface area contributed by atoms with Crippen molar-refractivity contribution < 1.29 is 9.53 Å². The lowest BCUT2D eigenvalue weighted by Gasteiger charge is -2.21. The molecule has 1 N–H and O–H groups in total. The van der Waals surface area contributed by atoms with E-state index >= 15 is 0 Å². The number of anilines is 1. The van der Waals surface area contributed by atoms with E-state index in [1.165, 1.54) is 12.8 Å². The third-order valence-corrected chi connectivity index (χ3v) is 7.30. The van der Waals surface area contributed by atoms with Crippen LogP contribution in [-0.2, 0) is 4.79 Å². The highest BCUT2D eigenvalue weighted by Crippen LogP contribution is 2.28. The average molecular weight is 502 g/mol. The summed E-state index contributed by atoms with van der Waals surface area (Å²) in [5, 5.41) is 3.50. The van der Waals surface area contributed by atoms with Crippen LogP contribution in [0.4, 0.5) is 5.82 Å². The number of fused-ring (bicyclic) bond motifs is 1. The lowest BCUT2D eigenvalue weighted by atomic mass is 10.1. The van der Waals surface area contributed by atoms with E-state index in [1.54, 1.807) is 11.3 Å². The first-order valence-electron chi connectivity index (χ1n) is 12.5. The number of aryl methyl sites for hydroxylation is 1. The lowest BCUT2D eigenvalue weighted by Crippen LogP contribution is -2.35. The third-order valence-electron chi connectivity index (χ3n) is 6.51. The second kappa shape index (κ2) is 11.0. The molecule has 36 heavy (non-hydrogen) atoms. The highest BCUT2D eigenvalue weighted by Gasteiger charge is 2.16. The van der Waals surface area contributed by atoms with Gasteiger partial charge in [0.25, 0.3) is 5.91 Å². The largest absolute Gasteiger partial charge is 0.484 e. The van der Waals surface area contributed by atoms with Crippen LogP contribution in [0.3, 0.4) is 0 Å². The first-order chi connectivity index (χ1) is 17.5. The van der Waals surface area contributed by atoms with E-state index in [-0.39, 0.29) is 18.6 Å². The summed E-state index contributed by atoms with van der Waals surface area (Å²) in [5.74, 6) is 2.23. The SMILES string of the molecule is Cc1nc(NC(C)c2cccc(OCC(=O)N3CCCCCC3)c2)cc(-c2ccc3ncsc3c2)n1. The van der Waals surface area contributed by atoms with E-state index in [0.29, 0.717) is 11.6 Å². The molecule has 186 valence electrons. The molecule has 7 nitrogen and oxygen atoms in total. The second-order valence-corrected chi connectivity index (χ2v) is 10.1. The van der Waals surface area contributed by atoms with E-state index in [4.69, 9.17) is 4.74 Å². The molecule has 1 saturated heterocycles. The molecule has 0 aliphatic carbocycles. The molecular weight excluding hydrogens is 470 g/mol. The predicted octanol–water partition coefficient (Wildman–Crippen LogP) is 6.02. The van der Waals surface area contributed by atoms with Gasteiger partial charge in [-0.05, 0) is 56.5 Å². The lowest BCUT2D eigenvalue weighted by molar-refractivity contribution is -0.133. The number of nitrogens with zero attached hydrogens (tertiary/aromatic N) is 4. The van der Waals surface area contributed by atoms with Crippen LogP contribution < -0.4 is 10.1 Å². The fraction of sp³-hybridized carbons (Fsp3) is 0.357. The number of amides is 1. The Labute approximate surface area is 215 Å². The molecule has 0 bridgehead atoms. The molecule has 0 saturated carbocycles. The Balaban J connectivity index is 1.26. The number of rotatable bonds is 7. The van der Waals surface area contributed by atoms with Crippen molar-refractivity contribution in [2.24, 2.45) is 0 Å². The predicted molar refractivity (Wildman–Crippen MR) is 144 cm³/mol. The minimum absolute atomic E-state index is 0.0130. The van der Waals surface area contributed by atoms with Gasteiger partial charge >= 0.3 is 0 Å². The Kier molecular flexibility index (Phi) is 7.41. The van der Waals surface area contributed by atoms with Crippen LogP contribution in [0.25, 0.3) is 21.5 Å². The van der Waals surface area contributed by atoms with Gasteiger partial charge in [0.05, 0.1) is 27.5 Å². The minimum atomic E-state index is -0.0130. The third kappa shape index (κ3) is 5.82. The quantitative estimate of drug-likeness (QED) is 0.334.